The molecule has 1 aromatic rings. The molecule has 0 amide bonds. The van der Waals surface area contributed by atoms with Gasteiger partial charge < -0.3 is 0 Å². The molecule has 0 bridgehead atoms. The van der Waals surface area contributed by atoms with Crippen molar-refractivity contribution >= 4 is 0 Å². The van der Waals surface area contributed by atoms with Crippen molar-refractivity contribution in [2.24, 2.45) is 0 Å². The van der Waals surface area contributed by atoms with Gasteiger partial charge in [-0.05, 0) is 25.3 Å². The highest BCUT2D eigenvalue weighted by atomic mass is 14.0. The first kappa shape index (κ1) is 18.3. The zero-order valence-corrected chi connectivity index (χ0v) is 14.5. The topological polar surface area (TPSA) is 0 Å². The SMILES string of the molecule is CCCCCCCCCCCCCCc1ccc(C)cc1. The maximum absolute atomic E-state index is 2.29. The number of benzene rings is 1. The molecular formula is C21H36. The molecule has 1 aromatic carbocycles. The largest absolute Gasteiger partial charge is 0.0654 e. The molecule has 0 radical (unpaired) electrons. The van der Waals surface area contributed by atoms with E-state index < -0.39 is 0 Å². The zero-order valence-electron chi connectivity index (χ0n) is 14.5. The Morgan fingerprint density at radius 2 is 1.00 bits per heavy atom. The Morgan fingerprint density at radius 1 is 0.571 bits per heavy atom. The molecule has 0 heterocycles. The maximum Gasteiger partial charge on any atom is -0.0279 e. The van der Waals surface area contributed by atoms with Crippen LogP contribution in [-0.2, 0) is 6.42 Å². The quantitative estimate of drug-likeness (QED) is 0.336. The molecule has 0 fully saturated rings. The zero-order chi connectivity index (χ0) is 15.2. The van der Waals surface area contributed by atoms with Crippen LogP contribution in [0, 0.1) is 6.92 Å². The first-order valence-electron chi connectivity index (χ1n) is 9.38. The molecule has 0 N–H and O–H groups in total. The van der Waals surface area contributed by atoms with E-state index in [9.17, 15) is 0 Å². The standard InChI is InChI=1S/C21H36/c1-3-4-5-6-7-8-9-10-11-12-13-14-15-21-18-16-20(2)17-19-21/h16-19H,3-15H2,1-2H3. The summed E-state index contributed by atoms with van der Waals surface area (Å²) in [5, 5.41) is 0. The molecule has 0 saturated carbocycles. The molecule has 0 aromatic heterocycles. The summed E-state index contributed by atoms with van der Waals surface area (Å²) in [7, 11) is 0. The van der Waals surface area contributed by atoms with E-state index in [4.69, 9.17) is 0 Å². The van der Waals surface area contributed by atoms with E-state index in [1.54, 1.807) is 0 Å². The average molecular weight is 289 g/mol. The van der Waals surface area contributed by atoms with Gasteiger partial charge >= 0.3 is 0 Å². The lowest BCUT2D eigenvalue weighted by atomic mass is 10.0. The maximum atomic E-state index is 2.29. The predicted molar refractivity (Wildman–Crippen MR) is 96.0 cm³/mol. The summed E-state index contributed by atoms with van der Waals surface area (Å²) in [6.07, 6.45) is 18.5. The minimum absolute atomic E-state index is 1.26. The Morgan fingerprint density at radius 3 is 1.48 bits per heavy atom. The fourth-order valence-corrected chi connectivity index (χ4v) is 2.92. The molecule has 0 nitrogen and oxygen atoms in total. The minimum atomic E-state index is 1.26. The van der Waals surface area contributed by atoms with Gasteiger partial charge in [0.15, 0.2) is 0 Å². The molecule has 0 aliphatic carbocycles. The van der Waals surface area contributed by atoms with Gasteiger partial charge in [0, 0.05) is 0 Å². The summed E-state index contributed by atoms with van der Waals surface area (Å²) in [5.41, 5.74) is 2.88. The van der Waals surface area contributed by atoms with Crippen molar-refractivity contribution < 1.29 is 0 Å². The molecule has 21 heavy (non-hydrogen) atoms. The average Bonchev–Trinajstić information content (AvgIpc) is 2.50. The van der Waals surface area contributed by atoms with Crippen molar-refractivity contribution in [1.29, 1.82) is 0 Å². The van der Waals surface area contributed by atoms with Crippen LogP contribution in [0.3, 0.4) is 0 Å². The van der Waals surface area contributed by atoms with E-state index in [2.05, 4.69) is 38.1 Å². The first-order valence-corrected chi connectivity index (χ1v) is 9.38. The molecular weight excluding hydrogens is 252 g/mol. The van der Waals surface area contributed by atoms with Gasteiger partial charge in [-0.3, -0.25) is 0 Å². The van der Waals surface area contributed by atoms with E-state index in [1.165, 1.54) is 94.6 Å². The van der Waals surface area contributed by atoms with Crippen LogP contribution in [-0.4, -0.2) is 0 Å². The number of unbranched alkanes of at least 4 members (excludes halogenated alkanes) is 11. The summed E-state index contributed by atoms with van der Waals surface area (Å²) in [6, 6.07) is 9.04. The third-order valence-electron chi connectivity index (χ3n) is 4.44. The molecule has 0 aliphatic heterocycles. The molecule has 0 spiro atoms. The highest BCUT2D eigenvalue weighted by Crippen LogP contribution is 2.13. The van der Waals surface area contributed by atoms with Crippen LogP contribution < -0.4 is 0 Å². The fourth-order valence-electron chi connectivity index (χ4n) is 2.92. The van der Waals surface area contributed by atoms with Gasteiger partial charge in [0.1, 0.15) is 0 Å². The normalized spacial score (nSPS) is 11.0. The summed E-state index contributed by atoms with van der Waals surface area (Å²) in [5.74, 6) is 0. The van der Waals surface area contributed by atoms with Crippen LogP contribution in [0.15, 0.2) is 24.3 Å². The Hall–Kier alpha value is -0.780. The molecule has 0 heteroatoms. The number of rotatable bonds is 13. The summed E-state index contributed by atoms with van der Waals surface area (Å²) in [4.78, 5) is 0. The van der Waals surface area contributed by atoms with E-state index >= 15 is 0 Å². The van der Waals surface area contributed by atoms with Crippen molar-refractivity contribution in [2.45, 2.75) is 97.3 Å². The van der Waals surface area contributed by atoms with Crippen molar-refractivity contribution in [3.8, 4) is 0 Å². The third-order valence-corrected chi connectivity index (χ3v) is 4.44. The second-order valence-corrected chi connectivity index (χ2v) is 6.62. The Labute approximate surface area is 133 Å². The number of hydrogen-bond acceptors (Lipinski definition) is 0. The van der Waals surface area contributed by atoms with Gasteiger partial charge in [-0.2, -0.15) is 0 Å². The van der Waals surface area contributed by atoms with Gasteiger partial charge in [0.05, 0.1) is 0 Å². The van der Waals surface area contributed by atoms with Gasteiger partial charge in [0.25, 0.3) is 0 Å². The van der Waals surface area contributed by atoms with Crippen molar-refractivity contribution in [3.63, 3.8) is 0 Å². The second-order valence-electron chi connectivity index (χ2n) is 6.62. The highest BCUT2D eigenvalue weighted by molar-refractivity contribution is 5.21. The van der Waals surface area contributed by atoms with E-state index in [1.807, 2.05) is 0 Å². The molecule has 120 valence electrons. The van der Waals surface area contributed by atoms with Gasteiger partial charge in [-0.15, -0.1) is 0 Å². The predicted octanol–water partition coefficient (Wildman–Crippen LogP) is 7.24. The van der Waals surface area contributed by atoms with Crippen molar-refractivity contribution in [2.75, 3.05) is 0 Å². The van der Waals surface area contributed by atoms with Crippen molar-refractivity contribution in [3.05, 3.63) is 35.4 Å². The lowest BCUT2D eigenvalue weighted by Crippen LogP contribution is -1.87. The summed E-state index contributed by atoms with van der Waals surface area (Å²) >= 11 is 0. The highest BCUT2D eigenvalue weighted by Gasteiger charge is 1.95. The summed E-state index contributed by atoms with van der Waals surface area (Å²) < 4.78 is 0. The van der Waals surface area contributed by atoms with Gasteiger partial charge in [0.2, 0.25) is 0 Å². The van der Waals surface area contributed by atoms with Crippen LogP contribution in [0.1, 0.15) is 95.1 Å². The fraction of sp³-hybridized carbons (Fsp3) is 0.714. The number of aryl methyl sites for hydroxylation is 2. The minimum Gasteiger partial charge on any atom is -0.0654 e. The van der Waals surface area contributed by atoms with E-state index in [0.29, 0.717) is 0 Å². The molecule has 0 aliphatic rings. The van der Waals surface area contributed by atoms with Crippen LogP contribution >= 0.6 is 0 Å². The third kappa shape index (κ3) is 10.6. The monoisotopic (exact) mass is 288 g/mol. The second kappa shape index (κ2) is 12.9. The molecule has 1 rings (SSSR count). The first-order chi connectivity index (χ1) is 10.3. The van der Waals surface area contributed by atoms with Crippen LogP contribution in [0.2, 0.25) is 0 Å². The van der Waals surface area contributed by atoms with Gasteiger partial charge in [-0.1, -0.05) is 107 Å². The van der Waals surface area contributed by atoms with Crippen molar-refractivity contribution in [1.82, 2.24) is 0 Å². The smallest absolute Gasteiger partial charge is 0.0279 e. The van der Waals surface area contributed by atoms with Crippen LogP contribution in [0.5, 0.6) is 0 Å². The van der Waals surface area contributed by atoms with E-state index in [-0.39, 0.29) is 0 Å². The van der Waals surface area contributed by atoms with Crippen LogP contribution in [0.25, 0.3) is 0 Å². The Bertz CT molecular complexity index is 322. The Kier molecular flexibility index (Phi) is 11.2. The van der Waals surface area contributed by atoms with Crippen LogP contribution in [0.4, 0.5) is 0 Å². The lowest BCUT2D eigenvalue weighted by Gasteiger charge is -2.04. The lowest BCUT2D eigenvalue weighted by molar-refractivity contribution is 0.544. The molecule has 0 unspecified atom stereocenters. The number of hydrogen-bond donors (Lipinski definition) is 0. The van der Waals surface area contributed by atoms with E-state index in [0.717, 1.165) is 0 Å². The molecule has 0 atom stereocenters. The van der Waals surface area contributed by atoms with Gasteiger partial charge in [-0.25, -0.2) is 0 Å². The Balaban J connectivity index is 1.81. The molecule has 0 saturated heterocycles. The summed E-state index contributed by atoms with van der Waals surface area (Å²) in [6.45, 7) is 4.45.